The van der Waals surface area contributed by atoms with E-state index in [4.69, 9.17) is 9.47 Å². The molecule has 0 heterocycles. The summed E-state index contributed by atoms with van der Waals surface area (Å²) in [5, 5.41) is 1.64. The fourth-order valence-electron chi connectivity index (χ4n) is 3.12. The number of ether oxygens (including phenoxy) is 2. The Kier molecular flexibility index (Phi) is 14.5. The highest BCUT2D eigenvalue weighted by Crippen LogP contribution is 2.33. The van der Waals surface area contributed by atoms with Gasteiger partial charge in [0.15, 0.2) is 0 Å². The number of benzene rings is 1. The summed E-state index contributed by atoms with van der Waals surface area (Å²) in [5.74, 6) is 1.94. The average molecular weight is 530 g/mol. The summed E-state index contributed by atoms with van der Waals surface area (Å²) >= 11 is 6.97. The van der Waals surface area contributed by atoms with Crippen molar-refractivity contribution in [3.05, 3.63) is 46.6 Å². The van der Waals surface area contributed by atoms with Crippen molar-refractivity contribution in [1.82, 2.24) is 0 Å². The largest absolute Gasteiger partial charge is 0.492 e. The molecule has 0 aliphatic rings. The van der Waals surface area contributed by atoms with Gasteiger partial charge < -0.3 is 9.47 Å². The molecule has 1 aromatic rings. The molecule has 4 heteroatoms. The number of alkyl halides is 2. The van der Waals surface area contributed by atoms with Crippen LogP contribution in [-0.2, 0) is 12.8 Å². The molecule has 164 valence electrons. The van der Waals surface area contributed by atoms with Crippen LogP contribution in [-0.4, -0.2) is 23.9 Å². The van der Waals surface area contributed by atoms with Gasteiger partial charge in [-0.1, -0.05) is 74.9 Å². The summed E-state index contributed by atoms with van der Waals surface area (Å²) in [5.41, 5.74) is 5.26. The number of unbranched alkanes of at least 4 members (excludes halogenated alkanes) is 2. The van der Waals surface area contributed by atoms with Crippen LogP contribution in [0.25, 0.3) is 0 Å². The van der Waals surface area contributed by atoms with E-state index in [0.29, 0.717) is 13.2 Å². The second-order valence-electron chi connectivity index (χ2n) is 7.68. The Morgan fingerprint density at radius 2 is 1.55 bits per heavy atom. The molecule has 0 N–H and O–H groups in total. The van der Waals surface area contributed by atoms with Crippen LogP contribution in [0, 0.1) is 0 Å². The van der Waals surface area contributed by atoms with E-state index < -0.39 is 0 Å². The van der Waals surface area contributed by atoms with Crippen LogP contribution in [0.4, 0.5) is 0 Å². The number of allylic oxidation sites excluding steroid dienone is 4. The highest BCUT2D eigenvalue weighted by Gasteiger charge is 2.13. The third-order valence-electron chi connectivity index (χ3n) is 4.71. The first kappa shape index (κ1) is 26.3. The lowest BCUT2D eigenvalue weighted by Crippen LogP contribution is -2.06. The first-order valence-corrected chi connectivity index (χ1v) is 13.1. The van der Waals surface area contributed by atoms with Crippen LogP contribution in [0.3, 0.4) is 0 Å². The molecule has 0 fully saturated rings. The van der Waals surface area contributed by atoms with E-state index in [-0.39, 0.29) is 0 Å². The second kappa shape index (κ2) is 16.0. The normalized spacial score (nSPS) is 11.4. The summed E-state index contributed by atoms with van der Waals surface area (Å²) < 4.78 is 12.2. The molecule has 0 spiro atoms. The molecule has 0 atom stereocenters. The number of hydrogen-bond acceptors (Lipinski definition) is 2. The Balaban J connectivity index is 3.08. The highest BCUT2D eigenvalue weighted by atomic mass is 79.9. The lowest BCUT2D eigenvalue weighted by molar-refractivity contribution is 0.321. The van der Waals surface area contributed by atoms with Crippen molar-refractivity contribution < 1.29 is 9.47 Å². The average Bonchev–Trinajstić information content (AvgIpc) is 2.69. The van der Waals surface area contributed by atoms with Crippen molar-refractivity contribution in [3.63, 3.8) is 0 Å². The fraction of sp³-hybridized carbons (Fsp3) is 0.600. The standard InChI is InChI=1S/C25H38Br2O2/c1-5-6-7-11-22-18-24(28-16-14-26)23(25(19-22)29-17-15-27)13-12-21(4)10-8-9-20(2)3/h9,12,18-19H,5-8,10-11,13-17H2,1-4H3/b21-12+. The first-order valence-electron chi connectivity index (χ1n) is 10.8. The Bertz CT molecular complexity index is 617. The molecular formula is C25H38Br2O2. The lowest BCUT2D eigenvalue weighted by atomic mass is 10.00. The predicted molar refractivity (Wildman–Crippen MR) is 134 cm³/mol. The Morgan fingerprint density at radius 1 is 0.931 bits per heavy atom. The Hall–Kier alpha value is -0.740. The van der Waals surface area contributed by atoms with Gasteiger partial charge in [-0.05, 0) is 70.6 Å². The number of aryl methyl sites for hydroxylation is 1. The Labute approximate surface area is 195 Å². The van der Waals surface area contributed by atoms with Gasteiger partial charge in [0.05, 0.1) is 13.2 Å². The van der Waals surface area contributed by atoms with Gasteiger partial charge in [-0.2, -0.15) is 0 Å². The maximum Gasteiger partial charge on any atom is 0.126 e. The van der Waals surface area contributed by atoms with Crippen LogP contribution in [0.1, 0.15) is 70.9 Å². The van der Waals surface area contributed by atoms with Crippen molar-refractivity contribution in [3.8, 4) is 11.5 Å². The summed E-state index contributed by atoms with van der Waals surface area (Å²) in [7, 11) is 0. The smallest absolute Gasteiger partial charge is 0.126 e. The molecule has 1 rings (SSSR count). The van der Waals surface area contributed by atoms with Gasteiger partial charge in [0.25, 0.3) is 0 Å². The predicted octanol–water partition coefficient (Wildman–Crippen LogP) is 8.20. The SMILES string of the molecule is CCCCCc1cc(OCCBr)c(C/C=C(\C)CCC=C(C)C)c(OCCBr)c1. The number of hydrogen-bond donors (Lipinski definition) is 0. The van der Waals surface area contributed by atoms with Gasteiger partial charge in [-0.25, -0.2) is 0 Å². The second-order valence-corrected chi connectivity index (χ2v) is 9.26. The molecule has 0 saturated heterocycles. The first-order chi connectivity index (χ1) is 14.0. The molecule has 29 heavy (non-hydrogen) atoms. The molecule has 0 bridgehead atoms. The minimum atomic E-state index is 0.659. The van der Waals surface area contributed by atoms with Crippen molar-refractivity contribution in [2.75, 3.05) is 23.9 Å². The third-order valence-corrected chi connectivity index (χ3v) is 5.36. The molecule has 0 aliphatic carbocycles. The van der Waals surface area contributed by atoms with Crippen molar-refractivity contribution >= 4 is 31.9 Å². The van der Waals surface area contributed by atoms with Crippen LogP contribution < -0.4 is 9.47 Å². The van der Waals surface area contributed by atoms with E-state index in [9.17, 15) is 0 Å². The van der Waals surface area contributed by atoms with Crippen molar-refractivity contribution in [2.24, 2.45) is 0 Å². The highest BCUT2D eigenvalue weighted by molar-refractivity contribution is 9.09. The van der Waals surface area contributed by atoms with E-state index in [1.54, 1.807) is 0 Å². The monoisotopic (exact) mass is 528 g/mol. The van der Waals surface area contributed by atoms with Crippen LogP contribution in [0.5, 0.6) is 11.5 Å². The molecule has 0 aromatic heterocycles. The minimum absolute atomic E-state index is 0.659. The van der Waals surface area contributed by atoms with E-state index in [1.165, 1.54) is 36.0 Å². The zero-order chi connectivity index (χ0) is 21.5. The van der Waals surface area contributed by atoms with Crippen molar-refractivity contribution in [1.29, 1.82) is 0 Å². The summed E-state index contributed by atoms with van der Waals surface area (Å²) in [4.78, 5) is 0. The number of halogens is 2. The van der Waals surface area contributed by atoms with E-state index in [0.717, 1.165) is 53.4 Å². The summed E-state index contributed by atoms with van der Waals surface area (Å²) in [6.45, 7) is 10.1. The Morgan fingerprint density at radius 3 is 2.07 bits per heavy atom. The fourth-order valence-corrected chi connectivity index (χ4v) is 3.44. The quantitative estimate of drug-likeness (QED) is 0.129. The maximum atomic E-state index is 6.12. The van der Waals surface area contributed by atoms with Gasteiger partial charge in [-0.3, -0.25) is 0 Å². The third kappa shape index (κ3) is 11.3. The van der Waals surface area contributed by atoms with E-state index >= 15 is 0 Å². The maximum absolute atomic E-state index is 6.12. The minimum Gasteiger partial charge on any atom is -0.492 e. The molecule has 0 unspecified atom stereocenters. The van der Waals surface area contributed by atoms with E-state index in [1.807, 2.05) is 0 Å². The molecule has 0 aliphatic heterocycles. The molecule has 0 amide bonds. The van der Waals surface area contributed by atoms with Gasteiger partial charge in [0.1, 0.15) is 11.5 Å². The summed E-state index contributed by atoms with van der Waals surface area (Å²) in [6.07, 6.45) is 12.4. The molecular weight excluding hydrogens is 492 g/mol. The molecule has 0 radical (unpaired) electrons. The summed E-state index contributed by atoms with van der Waals surface area (Å²) in [6, 6.07) is 4.45. The van der Waals surface area contributed by atoms with Gasteiger partial charge >= 0.3 is 0 Å². The molecule has 2 nitrogen and oxygen atoms in total. The van der Waals surface area contributed by atoms with Crippen LogP contribution in [0.2, 0.25) is 0 Å². The molecule has 1 aromatic carbocycles. The van der Waals surface area contributed by atoms with Crippen molar-refractivity contribution in [2.45, 2.75) is 72.6 Å². The molecule has 0 saturated carbocycles. The van der Waals surface area contributed by atoms with Crippen LogP contribution in [0.15, 0.2) is 35.4 Å². The lowest BCUT2D eigenvalue weighted by Gasteiger charge is -2.17. The zero-order valence-corrected chi connectivity index (χ0v) is 21.8. The topological polar surface area (TPSA) is 18.5 Å². The van der Waals surface area contributed by atoms with Gasteiger partial charge in [-0.15, -0.1) is 0 Å². The number of rotatable bonds is 15. The van der Waals surface area contributed by atoms with Gasteiger partial charge in [0, 0.05) is 16.2 Å². The van der Waals surface area contributed by atoms with Crippen LogP contribution >= 0.6 is 31.9 Å². The van der Waals surface area contributed by atoms with Gasteiger partial charge in [0.2, 0.25) is 0 Å². The van der Waals surface area contributed by atoms with E-state index in [2.05, 4.69) is 83.8 Å². The zero-order valence-electron chi connectivity index (χ0n) is 18.7.